The van der Waals surface area contributed by atoms with Crippen LogP contribution in [-0.4, -0.2) is 47.6 Å². The average molecular weight is 357 g/mol. The lowest BCUT2D eigenvalue weighted by Gasteiger charge is -2.31. The highest BCUT2D eigenvalue weighted by Crippen LogP contribution is 2.11. The minimum atomic E-state index is -0.437. The Kier molecular flexibility index (Phi) is 7.43. The molecule has 2 amide bonds. The van der Waals surface area contributed by atoms with E-state index in [2.05, 4.69) is 15.6 Å². The summed E-state index contributed by atoms with van der Waals surface area (Å²) in [4.78, 5) is 29.4. The number of hydrogen-bond acceptors (Lipinski definition) is 6. The van der Waals surface area contributed by atoms with Gasteiger partial charge in [0.05, 0.1) is 6.61 Å². The molecule has 0 aromatic carbocycles. The number of nitriles is 1. The standard InChI is InChI=1S/C18H23N5O3/c1-2-26-18(25)23-8-5-16(6-9-23)21-13-15(10-19)17(24)22-12-14-4-3-7-20-11-14/h3-4,7,11,13,16,21H,2,5-6,8-9,12H2,1H3,(H,22,24)/b15-13-. The van der Waals surface area contributed by atoms with E-state index in [0.29, 0.717) is 26.2 Å². The van der Waals surface area contributed by atoms with Gasteiger partial charge in [0.25, 0.3) is 5.91 Å². The van der Waals surface area contributed by atoms with Crippen LogP contribution in [0.15, 0.2) is 36.3 Å². The van der Waals surface area contributed by atoms with Crippen LogP contribution >= 0.6 is 0 Å². The van der Waals surface area contributed by atoms with Gasteiger partial charge in [-0.3, -0.25) is 9.78 Å². The van der Waals surface area contributed by atoms with Gasteiger partial charge in [0.1, 0.15) is 11.6 Å². The Bertz CT molecular complexity index is 676. The van der Waals surface area contributed by atoms with Crippen LogP contribution in [0, 0.1) is 11.3 Å². The fourth-order valence-electron chi connectivity index (χ4n) is 2.57. The number of hydrogen-bond donors (Lipinski definition) is 2. The van der Waals surface area contributed by atoms with Crippen molar-refractivity contribution in [3.8, 4) is 6.07 Å². The number of carbonyl (C=O) groups excluding carboxylic acids is 2. The van der Waals surface area contributed by atoms with E-state index < -0.39 is 5.91 Å². The van der Waals surface area contributed by atoms with Crippen LogP contribution in [0.5, 0.6) is 0 Å². The topological polar surface area (TPSA) is 107 Å². The first-order chi connectivity index (χ1) is 12.6. The molecule has 0 aliphatic carbocycles. The minimum absolute atomic E-state index is 0.0155. The highest BCUT2D eigenvalue weighted by Gasteiger charge is 2.23. The van der Waals surface area contributed by atoms with Crippen molar-refractivity contribution in [2.45, 2.75) is 32.4 Å². The monoisotopic (exact) mass is 357 g/mol. The second-order valence-corrected chi connectivity index (χ2v) is 5.84. The maximum absolute atomic E-state index is 12.1. The van der Waals surface area contributed by atoms with Crippen molar-refractivity contribution in [3.63, 3.8) is 0 Å². The maximum Gasteiger partial charge on any atom is 0.409 e. The lowest BCUT2D eigenvalue weighted by Crippen LogP contribution is -2.44. The number of amides is 2. The van der Waals surface area contributed by atoms with Gasteiger partial charge in [0.15, 0.2) is 0 Å². The summed E-state index contributed by atoms with van der Waals surface area (Å²) < 4.78 is 4.98. The fourth-order valence-corrected chi connectivity index (χ4v) is 2.57. The van der Waals surface area contributed by atoms with E-state index in [0.717, 1.165) is 18.4 Å². The molecule has 0 unspecified atom stereocenters. The fraction of sp³-hybridized carbons (Fsp3) is 0.444. The van der Waals surface area contributed by atoms with Gasteiger partial charge in [0.2, 0.25) is 0 Å². The summed E-state index contributed by atoms with van der Waals surface area (Å²) >= 11 is 0. The molecule has 8 nitrogen and oxygen atoms in total. The second kappa shape index (κ2) is 10.0. The van der Waals surface area contributed by atoms with Gasteiger partial charge < -0.3 is 20.3 Å². The van der Waals surface area contributed by atoms with Gasteiger partial charge in [-0.2, -0.15) is 5.26 Å². The van der Waals surface area contributed by atoms with Crippen molar-refractivity contribution >= 4 is 12.0 Å². The maximum atomic E-state index is 12.1. The molecular formula is C18H23N5O3. The van der Waals surface area contributed by atoms with E-state index in [-0.39, 0.29) is 17.7 Å². The van der Waals surface area contributed by atoms with Gasteiger partial charge >= 0.3 is 6.09 Å². The Morgan fingerprint density at radius 3 is 2.85 bits per heavy atom. The predicted molar refractivity (Wildman–Crippen MR) is 94.5 cm³/mol. The number of piperidine rings is 1. The summed E-state index contributed by atoms with van der Waals surface area (Å²) in [7, 11) is 0. The summed E-state index contributed by atoms with van der Waals surface area (Å²) in [5, 5.41) is 15.0. The predicted octanol–water partition coefficient (Wildman–Crippen LogP) is 1.32. The quantitative estimate of drug-likeness (QED) is 0.587. The molecule has 0 saturated carbocycles. The molecule has 2 heterocycles. The normalized spacial score (nSPS) is 15.1. The molecule has 0 atom stereocenters. The molecule has 0 bridgehead atoms. The third-order valence-electron chi connectivity index (χ3n) is 4.03. The number of nitrogens with zero attached hydrogens (tertiary/aromatic N) is 3. The average Bonchev–Trinajstić information content (AvgIpc) is 2.68. The first-order valence-corrected chi connectivity index (χ1v) is 8.59. The molecule has 0 radical (unpaired) electrons. The van der Waals surface area contributed by atoms with E-state index >= 15 is 0 Å². The molecule has 8 heteroatoms. The summed E-state index contributed by atoms with van der Waals surface area (Å²) in [6, 6.07) is 5.64. The lowest BCUT2D eigenvalue weighted by atomic mass is 10.1. The van der Waals surface area contributed by atoms with Crippen LogP contribution < -0.4 is 10.6 Å². The van der Waals surface area contributed by atoms with E-state index in [9.17, 15) is 14.9 Å². The number of aromatic nitrogens is 1. The van der Waals surface area contributed by atoms with Gasteiger partial charge in [-0.15, -0.1) is 0 Å². The minimum Gasteiger partial charge on any atom is -0.450 e. The van der Waals surface area contributed by atoms with E-state index in [1.807, 2.05) is 12.1 Å². The van der Waals surface area contributed by atoms with Crippen LogP contribution in [0.3, 0.4) is 0 Å². The zero-order valence-electron chi connectivity index (χ0n) is 14.8. The molecule has 1 aliphatic heterocycles. The van der Waals surface area contributed by atoms with Crippen LogP contribution in [-0.2, 0) is 16.1 Å². The van der Waals surface area contributed by atoms with Gasteiger partial charge in [-0.25, -0.2) is 4.79 Å². The van der Waals surface area contributed by atoms with Crippen LogP contribution in [0.4, 0.5) is 4.79 Å². The molecule has 26 heavy (non-hydrogen) atoms. The Labute approximate surface area is 152 Å². The summed E-state index contributed by atoms with van der Waals surface area (Å²) in [6.45, 7) is 3.61. The molecule has 0 spiro atoms. The first kappa shape index (κ1) is 19.2. The Balaban J connectivity index is 1.79. The van der Waals surface area contributed by atoms with Crippen molar-refractivity contribution in [2.24, 2.45) is 0 Å². The van der Waals surface area contributed by atoms with Crippen molar-refractivity contribution in [3.05, 3.63) is 41.9 Å². The molecule has 1 fully saturated rings. The van der Waals surface area contributed by atoms with Crippen LogP contribution in [0.25, 0.3) is 0 Å². The van der Waals surface area contributed by atoms with Crippen molar-refractivity contribution < 1.29 is 14.3 Å². The van der Waals surface area contributed by atoms with E-state index in [4.69, 9.17) is 4.74 Å². The zero-order valence-corrected chi connectivity index (χ0v) is 14.8. The van der Waals surface area contributed by atoms with Gasteiger partial charge in [0, 0.05) is 44.3 Å². The van der Waals surface area contributed by atoms with Gasteiger partial charge in [-0.1, -0.05) is 6.07 Å². The van der Waals surface area contributed by atoms with E-state index in [1.54, 1.807) is 30.3 Å². The molecule has 1 aromatic rings. The highest BCUT2D eigenvalue weighted by molar-refractivity contribution is 5.97. The largest absolute Gasteiger partial charge is 0.450 e. The zero-order chi connectivity index (χ0) is 18.8. The smallest absolute Gasteiger partial charge is 0.409 e. The molecular weight excluding hydrogens is 334 g/mol. The number of nitrogens with one attached hydrogen (secondary N) is 2. The van der Waals surface area contributed by atoms with E-state index in [1.165, 1.54) is 6.20 Å². The van der Waals surface area contributed by atoms with Crippen molar-refractivity contribution in [1.82, 2.24) is 20.5 Å². The molecule has 138 valence electrons. The van der Waals surface area contributed by atoms with Crippen molar-refractivity contribution in [2.75, 3.05) is 19.7 Å². The SMILES string of the molecule is CCOC(=O)N1CCC(N/C=C(/C#N)C(=O)NCc2cccnc2)CC1. The Hall–Kier alpha value is -3.08. The molecule has 2 N–H and O–H groups in total. The van der Waals surface area contributed by atoms with Crippen LogP contribution in [0.2, 0.25) is 0 Å². The highest BCUT2D eigenvalue weighted by atomic mass is 16.6. The van der Waals surface area contributed by atoms with Crippen molar-refractivity contribution in [1.29, 1.82) is 5.26 Å². The first-order valence-electron chi connectivity index (χ1n) is 8.59. The number of pyridine rings is 1. The molecule has 2 rings (SSSR count). The van der Waals surface area contributed by atoms with Gasteiger partial charge in [-0.05, 0) is 31.4 Å². The summed E-state index contributed by atoms with van der Waals surface area (Å²) in [5.74, 6) is -0.437. The lowest BCUT2D eigenvalue weighted by molar-refractivity contribution is -0.117. The van der Waals surface area contributed by atoms with Crippen LogP contribution in [0.1, 0.15) is 25.3 Å². The summed E-state index contributed by atoms with van der Waals surface area (Å²) in [5.41, 5.74) is 0.874. The third kappa shape index (κ3) is 5.77. The number of rotatable bonds is 6. The Morgan fingerprint density at radius 2 is 2.23 bits per heavy atom. The molecule has 1 aliphatic rings. The Morgan fingerprint density at radius 1 is 1.46 bits per heavy atom. The number of ether oxygens (including phenoxy) is 1. The number of carbonyl (C=O) groups is 2. The summed E-state index contributed by atoms with van der Waals surface area (Å²) in [6.07, 6.45) is 5.92. The molecule has 1 saturated heterocycles. The molecule has 1 aromatic heterocycles. The number of likely N-dealkylation sites (tertiary alicyclic amines) is 1. The second-order valence-electron chi connectivity index (χ2n) is 5.84. The third-order valence-corrected chi connectivity index (χ3v) is 4.03.